The van der Waals surface area contributed by atoms with Crippen LogP contribution in [0.2, 0.25) is 0 Å². The summed E-state index contributed by atoms with van der Waals surface area (Å²) in [6.07, 6.45) is 1.62. The molecule has 0 radical (unpaired) electrons. The highest BCUT2D eigenvalue weighted by Crippen LogP contribution is 2.27. The molecule has 4 rings (SSSR count). The number of fused-ring (bicyclic) bond motifs is 1. The van der Waals surface area contributed by atoms with E-state index >= 15 is 0 Å². The third kappa shape index (κ3) is 2.72. The number of H-pyrrole nitrogens is 1. The molecule has 1 amide bonds. The van der Waals surface area contributed by atoms with Gasteiger partial charge in [-0.25, -0.2) is 4.39 Å². The molecule has 0 unspecified atom stereocenters. The number of carbonyl (C=O) groups excluding carboxylic acids is 1. The van der Waals surface area contributed by atoms with Crippen LogP contribution >= 0.6 is 0 Å². The van der Waals surface area contributed by atoms with Crippen LogP contribution in [-0.2, 0) is 9.47 Å². The highest BCUT2D eigenvalue weighted by Gasteiger charge is 2.32. The highest BCUT2D eigenvalue weighted by atomic mass is 19.1. The number of aromatic nitrogens is 1. The van der Waals surface area contributed by atoms with E-state index in [1.165, 1.54) is 6.07 Å². The molecule has 1 N–H and O–H groups in total. The van der Waals surface area contributed by atoms with Gasteiger partial charge in [-0.15, -0.1) is 0 Å². The number of hydrogen-bond donors (Lipinski definition) is 1. The Kier molecular flexibility index (Phi) is 3.79. The Bertz CT molecular complexity index is 716. The van der Waals surface area contributed by atoms with Crippen molar-refractivity contribution in [2.24, 2.45) is 5.92 Å². The molecule has 0 atom stereocenters. The quantitative estimate of drug-likeness (QED) is 0.926. The lowest BCUT2D eigenvalue weighted by Crippen LogP contribution is -2.41. The normalized spacial score (nSPS) is 20.5. The molecule has 2 aliphatic rings. The maximum atomic E-state index is 13.8. The summed E-state index contributed by atoms with van der Waals surface area (Å²) in [6.45, 7) is 2.66. The SMILES string of the molecule is O=C(c1cc2c(F)cccc2[nH]1)N1CCC(C2OCCO2)CC1. The second-order valence-electron chi connectivity index (χ2n) is 6.12. The molecular weight excluding hydrogens is 299 g/mol. The average Bonchev–Trinajstić information content (AvgIpc) is 3.24. The van der Waals surface area contributed by atoms with Crippen molar-refractivity contribution in [3.63, 3.8) is 0 Å². The number of likely N-dealkylation sites (tertiary alicyclic amines) is 1. The Morgan fingerprint density at radius 2 is 1.96 bits per heavy atom. The second-order valence-corrected chi connectivity index (χ2v) is 6.12. The standard InChI is InChI=1S/C17H19FN2O3/c18-13-2-1-3-14-12(13)10-15(19-14)16(21)20-6-4-11(5-7-20)17-22-8-9-23-17/h1-3,10-11,17,19H,4-9H2. The van der Waals surface area contributed by atoms with Crippen molar-refractivity contribution in [3.8, 4) is 0 Å². The summed E-state index contributed by atoms with van der Waals surface area (Å²) in [5.41, 5.74) is 1.09. The number of carbonyl (C=O) groups is 1. The first-order valence-electron chi connectivity index (χ1n) is 8.02. The first-order chi connectivity index (χ1) is 11.2. The number of halogens is 1. The van der Waals surface area contributed by atoms with Gasteiger partial charge in [0.05, 0.1) is 13.2 Å². The van der Waals surface area contributed by atoms with Gasteiger partial charge < -0.3 is 19.4 Å². The van der Waals surface area contributed by atoms with Gasteiger partial charge in [-0.05, 0) is 31.0 Å². The van der Waals surface area contributed by atoms with Crippen molar-refractivity contribution in [1.82, 2.24) is 9.88 Å². The van der Waals surface area contributed by atoms with E-state index in [1.807, 2.05) is 4.90 Å². The van der Waals surface area contributed by atoms with E-state index in [0.717, 1.165) is 12.8 Å². The zero-order valence-corrected chi connectivity index (χ0v) is 12.8. The summed E-state index contributed by atoms with van der Waals surface area (Å²) in [5, 5.41) is 0.457. The summed E-state index contributed by atoms with van der Waals surface area (Å²) in [7, 11) is 0. The van der Waals surface area contributed by atoms with Crippen LogP contribution in [0, 0.1) is 11.7 Å². The number of ether oxygens (including phenoxy) is 2. The van der Waals surface area contributed by atoms with Crippen molar-refractivity contribution in [2.75, 3.05) is 26.3 Å². The van der Waals surface area contributed by atoms with Crippen LogP contribution in [-0.4, -0.2) is 48.4 Å². The van der Waals surface area contributed by atoms with E-state index < -0.39 is 0 Å². The molecule has 122 valence electrons. The van der Waals surface area contributed by atoms with Crippen molar-refractivity contribution < 1.29 is 18.7 Å². The van der Waals surface area contributed by atoms with Crippen molar-refractivity contribution in [1.29, 1.82) is 0 Å². The molecule has 6 heteroatoms. The minimum atomic E-state index is -0.313. The predicted molar refractivity (Wildman–Crippen MR) is 82.6 cm³/mol. The van der Waals surface area contributed by atoms with Gasteiger partial charge in [0, 0.05) is 29.9 Å². The summed E-state index contributed by atoms with van der Waals surface area (Å²) < 4.78 is 24.9. The molecule has 2 aliphatic heterocycles. The third-order valence-corrected chi connectivity index (χ3v) is 4.70. The summed E-state index contributed by atoms with van der Waals surface area (Å²) in [6, 6.07) is 6.41. The van der Waals surface area contributed by atoms with Gasteiger partial charge in [-0.1, -0.05) is 6.07 Å². The molecule has 5 nitrogen and oxygen atoms in total. The van der Waals surface area contributed by atoms with E-state index in [0.29, 0.717) is 48.8 Å². The number of amides is 1. The fraction of sp³-hybridized carbons (Fsp3) is 0.471. The Labute approximate surface area is 133 Å². The number of nitrogens with one attached hydrogen (secondary N) is 1. The van der Waals surface area contributed by atoms with Gasteiger partial charge in [0.1, 0.15) is 11.5 Å². The summed E-state index contributed by atoms with van der Waals surface area (Å²) in [5.74, 6) is -0.0407. The van der Waals surface area contributed by atoms with E-state index in [-0.39, 0.29) is 18.0 Å². The molecule has 0 aliphatic carbocycles. The molecule has 3 heterocycles. The summed E-state index contributed by atoms with van der Waals surface area (Å²) in [4.78, 5) is 17.5. The third-order valence-electron chi connectivity index (χ3n) is 4.70. The molecule has 2 fully saturated rings. The van der Waals surface area contributed by atoms with Crippen LogP contribution in [0.5, 0.6) is 0 Å². The van der Waals surface area contributed by atoms with Gasteiger partial charge in [0.15, 0.2) is 6.29 Å². The van der Waals surface area contributed by atoms with E-state index in [1.54, 1.807) is 18.2 Å². The molecule has 0 spiro atoms. The Hall–Kier alpha value is -1.92. The van der Waals surface area contributed by atoms with Crippen molar-refractivity contribution >= 4 is 16.8 Å². The van der Waals surface area contributed by atoms with Crippen LogP contribution in [0.4, 0.5) is 4.39 Å². The van der Waals surface area contributed by atoms with Crippen molar-refractivity contribution in [2.45, 2.75) is 19.1 Å². The maximum Gasteiger partial charge on any atom is 0.270 e. The summed E-state index contributed by atoms with van der Waals surface area (Å²) >= 11 is 0. The molecule has 1 aromatic heterocycles. The zero-order chi connectivity index (χ0) is 15.8. The number of rotatable bonds is 2. The Balaban J connectivity index is 1.45. The first-order valence-corrected chi connectivity index (χ1v) is 8.02. The fourth-order valence-corrected chi connectivity index (χ4v) is 3.43. The van der Waals surface area contributed by atoms with Gasteiger partial charge in [0.2, 0.25) is 0 Å². The molecule has 23 heavy (non-hydrogen) atoms. The monoisotopic (exact) mass is 318 g/mol. The van der Waals surface area contributed by atoms with Crippen LogP contribution in [0.1, 0.15) is 23.3 Å². The molecule has 2 saturated heterocycles. The van der Waals surface area contributed by atoms with E-state index in [9.17, 15) is 9.18 Å². The highest BCUT2D eigenvalue weighted by molar-refractivity contribution is 5.98. The number of nitrogens with zero attached hydrogens (tertiary/aromatic N) is 1. The Morgan fingerprint density at radius 3 is 2.65 bits per heavy atom. The van der Waals surface area contributed by atoms with Gasteiger partial charge in [-0.3, -0.25) is 4.79 Å². The topological polar surface area (TPSA) is 54.6 Å². The predicted octanol–water partition coefficient (Wildman–Crippen LogP) is 2.53. The van der Waals surface area contributed by atoms with Crippen LogP contribution < -0.4 is 0 Å². The molecular formula is C17H19FN2O3. The lowest BCUT2D eigenvalue weighted by atomic mass is 9.96. The second kappa shape index (κ2) is 5.94. The average molecular weight is 318 g/mol. The number of benzene rings is 1. The smallest absolute Gasteiger partial charge is 0.270 e. The minimum absolute atomic E-state index is 0.0766. The van der Waals surface area contributed by atoms with Crippen LogP contribution in [0.25, 0.3) is 10.9 Å². The van der Waals surface area contributed by atoms with E-state index in [4.69, 9.17) is 9.47 Å². The van der Waals surface area contributed by atoms with Crippen LogP contribution in [0.3, 0.4) is 0 Å². The van der Waals surface area contributed by atoms with Gasteiger partial charge >= 0.3 is 0 Å². The van der Waals surface area contributed by atoms with Crippen molar-refractivity contribution in [3.05, 3.63) is 35.8 Å². The lowest BCUT2D eigenvalue weighted by molar-refractivity contribution is -0.0956. The first kappa shape index (κ1) is 14.7. The van der Waals surface area contributed by atoms with Crippen LogP contribution in [0.15, 0.2) is 24.3 Å². The van der Waals surface area contributed by atoms with Gasteiger partial charge in [0.25, 0.3) is 5.91 Å². The molecule has 2 aromatic rings. The lowest BCUT2D eigenvalue weighted by Gasteiger charge is -2.33. The number of hydrogen-bond acceptors (Lipinski definition) is 3. The minimum Gasteiger partial charge on any atom is -0.350 e. The molecule has 0 bridgehead atoms. The fourth-order valence-electron chi connectivity index (χ4n) is 3.43. The van der Waals surface area contributed by atoms with E-state index in [2.05, 4.69) is 4.98 Å². The molecule has 1 aromatic carbocycles. The zero-order valence-electron chi connectivity index (χ0n) is 12.8. The maximum absolute atomic E-state index is 13.8. The molecule has 0 saturated carbocycles. The number of aromatic amines is 1. The largest absolute Gasteiger partial charge is 0.350 e. The Morgan fingerprint density at radius 1 is 1.22 bits per heavy atom. The number of piperidine rings is 1. The van der Waals surface area contributed by atoms with Gasteiger partial charge in [-0.2, -0.15) is 0 Å².